The lowest BCUT2D eigenvalue weighted by Crippen LogP contribution is -2.13. The molecule has 2 heteroatoms. The number of benzene rings is 1. The molecule has 1 aromatic heterocycles. The Hall–Kier alpha value is -1.57. The van der Waals surface area contributed by atoms with E-state index in [9.17, 15) is 0 Å². The molecule has 0 unspecified atom stereocenters. The summed E-state index contributed by atoms with van der Waals surface area (Å²) in [5.74, 6) is 0.730. The van der Waals surface area contributed by atoms with Crippen molar-refractivity contribution in [3.63, 3.8) is 0 Å². The van der Waals surface area contributed by atoms with Gasteiger partial charge in [-0.2, -0.15) is 5.10 Å². The molecule has 2 nitrogen and oxygen atoms in total. The van der Waals surface area contributed by atoms with Crippen molar-refractivity contribution in [1.82, 2.24) is 9.78 Å². The second kappa shape index (κ2) is 5.67. The first-order chi connectivity index (χ1) is 10.4. The average molecular weight is 280 g/mol. The number of aryl methyl sites for hydroxylation is 1. The first-order valence-electron chi connectivity index (χ1n) is 8.59. The van der Waals surface area contributed by atoms with Gasteiger partial charge < -0.3 is 0 Å². The highest BCUT2D eigenvalue weighted by Crippen LogP contribution is 2.38. The van der Waals surface area contributed by atoms with Gasteiger partial charge in [0.25, 0.3) is 0 Å². The number of nitrogens with zero attached hydrogens (tertiary/aromatic N) is 2. The van der Waals surface area contributed by atoms with Gasteiger partial charge in [-0.15, -0.1) is 0 Å². The number of fused-ring (bicyclic) bond motifs is 1. The number of rotatable bonds is 2. The van der Waals surface area contributed by atoms with Crippen LogP contribution in [0.15, 0.2) is 30.3 Å². The summed E-state index contributed by atoms with van der Waals surface area (Å²) >= 11 is 0. The van der Waals surface area contributed by atoms with Gasteiger partial charge in [-0.25, -0.2) is 4.68 Å². The summed E-state index contributed by atoms with van der Waals surface area (Å²) < 4.78 is 2.28. The summed E-state index contributed by atoms with van der Waals surface area (Å²) in [6, 6.07) is 10.7. The van der Waals surface area contributed by atoms with Crippen LogP contribution in [0.5, 0.6) is 0 Å². The minimum absolute atomic E-state index is 0.730. The lowest BCUT2D eigenvalue weighted by molar-refractivity contribution is 0.427. The Morgan fingerprint density at radius 2 is 1.62 bits per heavy atom. The van der Waals surface area contributed by atoms with E-state index >= 15 is 0 Å². The Bertz CT molecular complexity index is 606. The van der Waals surface area contributed by atoms with Gasteiger partial charge in [0.2, 0.25) is 0 Å². The quantitative estimate of drug-likeness (QED) is 0.772. The van der Waals surface area contributed by atoms with Gasteiger partial charge >= 0.3 is 0 Å². The van der Waals surface area contributed by atoms with Gasteiger partial charge in [-0.1, -0.05) is 37.5 Å². The van der Waals surface area contributed by atoms with E-state index in [1.165, 1.54) is 69.2 Å². The molecule has 0 atom stereocenters. The SMILES string of the molecule is c1ccc(-n2nc3c(c2C2CCCCC2)CCCC3)cc1. The summed E-state index contributed by atoms with van der Waals surface area (Å²) in [4.78, 5) is 0. The van der Waals surface area contributed by atoms with Crippen LogP contribution in [0.3, 0.4) is 0 Å². The van der Waals surface area contributed by atoms with E-state index in [0.717, 1.165) is 5.92 Å². The van der Waals surface area contributed by atoms with E-state index in [-0.39, 0.29) is 0 Å². The number of para-hydroxylation sites is 1. The molecule has 2 aliphatic carbocycles. The van der Waals surface area contributed by atoms with Crippen LogP contribution in [-0.2, 0) is 12.8 Å². The van der Waals surface area contributed by atoms with Crippen LogP contribution in [-0.4, -0.2) is 9.78 Å². The van der Waals surface area contributed by atoms with Gasteiger partial charge in [0.1, 0.15) is 0 Å². The lowest BCUT2D eigenvalue weighted by atomic mass is 9.83. The molecule has 0 amide bonds. The summed E-state index contributed by atoms with van der Waals surface area (Å²) in [5, 5.41) is 5.01. The number of hydrogen-bond donors (Lipinski definition) is 0. The van der Waals surface area contributed by atoms with E-state index in [1.54, 1.807) is 11.3 Å². The Kier molecular flexibility index (Phi) is 3.54. The summed E-state index contributed by atoms with van der Waals surface area (Å²) in [6.45, 7) is 0. The Morgan fingerprint density at radius 1 is 0.857 bits per heavy atom. The van der Waals surface area contributed by atoms with Crippen molar-refractivity contribution in [2.45, 2.75) is 63.7 Å². The minimum Gasteiger partial charge on any atom is -0.237 e. The molecule has 1 heterocycles. The monoisotopic (exact) mass is 280 g/mol. The highest BCUT2D eigenvalue weighted by molar-refractivity contribution is 5.40. The fourth-order valence-electron chi connectivity index (χ4n) is 4.14. The first kappa shape index (κ1) is 13.1. The van der Waals surface area contributed by atoms with Crippen LogP contribution < -0.4 is 0 Å². The molecule has 0 N–H and O–H groups in total. The van der Waals surface area contributed by atoms with Crippen LogP contribution in [0.4, 0.5) is 0 Å². The second-order valence-electron chi connectivity index (χ2n) is 6.60. The molecule has 0 bridgehead atoms. The summed E-state index contributed by atoms with van der Waals surface area (Å²) in [6.07, 6.45) is 12.0. The van der Waals surface area contributed by atoms with Crippen LogP contribution in [0.1, 0.15) is 67.8 Å². The van der Waals surface area contributed by atoms with Gasteiger partial charge in [0, 0.05) is 5.92 Å². The molecule has 21 heavy (non-hydrogen) atoms. The molecule has 1 fully saturated rings. The van der Waals surface area contributed by atoms with Crippen molar-refractivity contribution in [3.05, 3.63) is 47.3 Å². The zero-order valence-corrected chi connectivity index (χ0v) is 12.7. The fraction of sp³-hybridized carbons (Fsp3) is 0.526. The molecule has 4 rings (SSSR count). The molecule has 1 saturated carbocycles. The third kappa shape index (κ3) is 2.41. The van der Waals surface area contributed by atoms with E-state index in [0.29, 0.717) is 0 Å². The average Bonchev–Trinajstić information content (AvgIpc) is 2.96. The van der Waals surface area contributed by atoms with Crippen molar-refractivity contribution in [3.8, 4) is 5.69 Å². The fourth-order valence-corrected chi connectivity index (χ4v) is 4.14. The van der Waals surface area contributed by atoms with Gasteiger partial charge in [0.05, 0.1) is 17.1 Å². The maximum absolute atomic E-state index is 5.01. The van der Waals surface area contributed by atoms with Crippen molar-refractivity contribution in [2.24, 2.45) is 0 Å². The highest BCUT2D eigenvalue weighted by atomic mass is 15.3. The topological polar surface area (TPSA) is 17.8 Å². The molecule has 0 aliphatic heterocycles. The molecule has 2 aromatic rings. The van der Waals surface area contributed by atoms with E-state index in [4.69, 9.17) is 5.10 Å². The predicted octanol–water partition coefficient (Wildman–Crippen LogP) is 4.80. The number of hydrogen-bond acceptors (Lipinski definition) is 1. The maximum atomic E-state index is 5.01. The van der Waals surface area contributed by atoms with Crippen LogP contribution in [0.25, 0.3) is 5.69 Å². The van der Waals surface area contributed by atoms with Gasteiger partial charge in [-0.05, 0) is 56.2 Å². The molecule has 2 aliphatic rings. The van der Waals surface area contributed by atoms with Gasteiger partial charge in [0.15, 0.2) is 0 Å². The first-order valence-corrected chi connectivity index (χ1v) is 8.59. The zero-order chi connectivity index (χ0) is 14.1. The summed E-state index contributed by atoms with van der Waals surface area (Å²) in [7, 11) is 0. The Labute approximate surface area is 127 Å². The van der Waals surface area contributed by atoms with Crippen molar-refractivity contribution in [1.29, 1.82) is 0 Å². The van der Waals surface area contributed by atoms with Crippen molar-refractivity contribution >= 4 is 0 Å². The van der Waals surface area contributed by atoms with Crippen LogP contribution in [0.2, 0.25) is 0 Å². The smallest absolute Gasteiger partial charge is 0.0664 e. The third-order valence-corrected chi connectivity index (χ3v) is 5.19. The molecule has 0 saturated heterocycles. The molecule has 1 aromatic carbocycles. The molecular weight excluding hydrogens is 256 g/mol. The third-order valence-electron chi connectivity index (χ3n) is 5.19. The maximum Gasteiger partial charge on any atom is 0.0664 e. The zero-order valence-electron chi connectivity index (χ0n) is 12.7. The molecule has 0 spiro atoms. The lowest BCUT2D eigenvalue weighted by Gasteiger charge is -2.24. The molecule has 0 radical (unpaired) electrons. The molecular formula is C19H24N2. The van der Waals surface area contributed by atoms with E-state index in [2.05, 4.69) is 35.0 Å². The van der Waals surface area contributed by atoms with Crippen molar-refractivity contribution < 1.29 is 0 Å². The summed E-state index contributed by atoms with van der Waals surface area (Å²) in [5.41, 5.74) is 5.77. The highest BCUT2D eigenvalue weighted by Gasteiger charge is 2.27. The Balaban J connectivity index is 1.83. The second-order valence-corrected chi connectivity index (χ2v) is 6.60. The number of aromatic nitrogens is 2. The largest absolute Gasteiger partial charge is 0.237 e. The van der Waals surface area contributed by atoms with Crippen molar-refractivity contribution in [2.75, 3.05) is 0 Å². The van der Waals surface area contributed by atoms with E-state index < -0.39 is 0 Å². The standard InChI is InChI=1S/C19H24N2/c1-3-9-15(10-4-1)19-17-13-7-8-14-18(17)20-21(19)16-11-5-2-6-12-16/h2,5-6,11-12,15H,1,3-4,7-10,13-14H2. The minimum atomic E-state index is 0.730. The Morgan fingerprint density at radius 3 is 2.43 bits per heavy atom. The van der Waals surface area contributed by atoms with Crippen LogP contribution >= 0.6 is 0 Å². The normalized spacial score (nSPS) is 19.4. The molecule has 110 valence electrons. The predicted molar refractivity (Wildman–Crippen MR) is 86.0 cm³/mol. The van der Waals surface area contributed by atoms with Gasteiger partial charge in [-0.3, -0.25) is 0 Å². The van der Waals surface area contributed by atoms with E-state index in [1.807, 2.05) is 0 Å². The van der Waals surface area contributed by atoms with Crippen LogP contribution in [0, 0.1) is 0 Å².